The summed E-state index contributed by atoms with van der Waals surface area (Å²) in [6.45, 7) is 0. The maximum Gasteiger partial charge on any atom is 0.246 e. The number of aromatic nitrogens is 2. The van der Waals surface area contributed by atoms with Crippen LogP contribution in [0.25, 0.3) is 32.9 Å². The van der Waals surface area contributed by atoms with E-state index in [4.69, 9.17) is 9.47 Å². The van der Waals surface area contributed by atoms with Gasteiger partial charge in [0, 0.05) is 51.4 Å². The van der Waals surface area contributed by atoms with Gasteiger partial charge < -0.3 is 9.47 Å². The molecule has 2 aromatic heterocycles. The topological polar surface area (TPSA) is 119 Å². The Hall–Kier alpha value is -3.32. The monoisotopic (exact) mass is 530 g/mol. The van der Waals surface area contributed by atoms with E-state index in [0.717, 1.165) is 8.61 Å². The van der Waals surface area contributed by atoms with E-state index in [1.165, 1.54) is 54.5 Å². The third-order valence-electron chi connectivity index (χ3n) is 5.80. The maximum atomic E-state index is 13.3. The van der Waals surface area contributed by atoms with Crippen molar-refractivity contribution in [3.05, 3.63) is 48.8 Å². The number of methoxy groups -OCH3 is 2. The van der Waals surface area contributed by atoms with Crippen molar-refractivity contribution >= 4 is 41.9 Å². The summed E-state index contributed by atoms with van der Waals surface area (Å²) in [6.07, 6.45) is 3.13. The van der Waals surface area contributed by atoms with E-state index in [1.54, 1.807) is 36.7 Å². The molecule has 10 nitrogen and oxygen atoms in total. The second kappa shape index (κ2) is 9.28. The summed E-state index contributed by atoms with van der Waals surface area (Å²) in [4.78, 5) is 8.82. The van der Waals surface area contributed by atoms with E-state index >= 15 is 0 Å². The molecule has 2 aromatic carbocycles. The number of nitrogens with zero attached hydrogens (tertiary/aromatic N) is 4. The summed E-state index contributed by atoms with van der Waals surface area (Å²) in [5, 5.41) is 1.03. The van der Waals surface area contributed by atoms with Crippen molar-refractivity contribution < 1.29 is 26.3 Å². The molecule has 0 aliphatic heterocycles. The van der Waals surface area contributed by atoms with Gasteiger partial charge >= 0.3 is 0 Å². The van der Waals surface area contributed by atoms with Crippen LogP contribution in [0, 0.1) is 0 Å². The van der Waals surface area contributed by atoms with Crippen molar-refractivity contribution in [3.8, 4) is 22.6 Å². The van der Waals surface area contributed by atoms with Crippen molar-refractivity contribution in [1.82, 2.24) is 18.6 Å². The lowest BCUT2D eigenvalue weighted by Gasteiger charge is -2.23. The van der Waals surface area contributed by atoms with Crippen LogP contribution in [0.2, 0.25) is 0 Å². The molecule has 12 heteroatoms. The molecule has 0 unspecified atom stereocenters. The number of fused-ring (bicyclic) bond motifs is 2. The van der Waals surface area contributed by atoms with Crippen molar-refractivity contribution in [2.24, 2.45) is 0 Å². The molecular weight excluding hydrogens is 504 g/mol. The average Bonchev–Trinajstić information content (AvgIpc) is 2.86. The van der Waals surface area contributed by atoms with Gasteiger partial charge in [-0.2, -0.15) is 0 Å². The molecule has 0 saturated carbocycles. The number of pyridine rings is 2. The predicted octanol–water partition coefficient (Wildman–Crippen LogP) is 2.97. The molecule has 0 bridgehead atoms. The predicted molar refractivity (Wildman–Crippen MR) is 137 cm³/mol. The molecule has 4 rings (SSSR count). The van der Waals surface area contributed by atoms with E-state index in [9.17, 15) is 16.8 Å². The Morgan fingerprint density at radius 1 is 0.667 bits per heavy atom. The summed E-state index contributed by atoms with van der Waals surface area (Å²) in [5.41, 5.74) is 1.31. The quantitative estimate of drug-likeness (QED) is 0.358. The minimum Gasteiger partial charge on any atom is -0.495 e. The second-order valence-corrected chi connectivity index (χ2v) is 12.5. The third-order valence-corrected chi connectivity index (χ3v) is 9.44. The number of rotatable bonds is 7. The van der Waals surface area contributed by atoms with Gasteiger partial charge in [-0.3, -0.25) is 9.97 Å². The first-order chi connectivity index (χ1) is 17.0. The van der Waals surface area contributed by atoms with Crippen molar-refractivity contribution in [2.75, 3.05) is 42.4 Å². The lowest BCUT2D eigenvalue weighted by Crippen LogP contribution is -2.23. The molecule has 2 heterocycles. The molecule has 0 aliphatic rings. The largest absolute Gasteiger partial charge is 0.495 e. The molecule has 0 saturated heterocycles. The number of hydrogen-bond acceptors (Lipinski definition) is 8. The first-order valence-electron chi connectivity index (χ1n) is 10.7. The lowest BCUT2D eigenvalue weighted by molar-refractivity contribution is 0.396. The summed E-state index contributed by atoms with van der Waals surface area (Å²) >= 11 is 0. The van der Waals surface area contributed by atoms with Crippen LogP contribution >= 0.6 is 0 Å². The fraction of sp³-hybridized carbons (Fsp3) is 0.250. The van der Waals surface area contributed by atoms with Crippen LogP contribution in [0.15, 0.2) is 58.6 Å². The Morgan fingerprint density at radius 2 is 1.03 bits per heavy atom. The van der Waals surface area contributed by atoms with Crippen molar-refractivity contribution in [1.29, 1.82) is 0 Å². The normalized spacial score (nSPS) is 12.6. The van der Waals surface area contributed by atoms with E-state index < -0.39 is 20.0 Å². The second-order valence-electron chi connectivity index (χ2n) is 8.29. The Kier molecular flexibility index (Phi) is 6.64. The van der Waals surface area contributed by atoms with Gasteiger partial charge in [-0.15, -0.1) is 0 Å². The molecule has 0 aliphatic carbocycles. The van der Waals surface area contributed by atoms with Crippen LogP contribution < -0.4 is 9.47 Å². The van der Waals surface area contributed by atoms with Gasteiger partial charge in [-0.05, 0) is 24.3 Å². The van der Waals surface area contributed by atoms with E-state index in [0.29, 0.717) is 21.8 Å². The van der Waals surface area contributed by atoms with Crippen LogP contribution in [0.1, 0.15) is 0 Å². The smallest absolute Gasteiger partial charge is 0.246 e. The fourth-order valence-electron chi connectivity index (χ4n) is 4.01. The SMILES string of the molecule is COc1c(S(=O)(=O)N(C)C)cc2cccnc2c1-c1c(OC)c(S(=O)(=O)N(C)C)cc2cccnc12. The van der Waals surface area contributed by atoms with Crippen LogP contribution in [0.5, 0.6) is 11.5 Å². The molecule has 4 aromatic rings. The van der Waals surface area contributed by atoms with E-state index in [2.05, 4.69) is 9.97 Å². The zero-order valence-corrected chi connectivity index (χ0v) is 22.3. The Balaban J connectivity index is 2.35. The van der Waals surface area contributed by atoms with Gasteiger partial charge in [-0.1, -0.05) is 12.1 Å². The highest BCUT2D eigenvalue weighted by Crippen LogP contribution is 2.49. The highest BCUT2D eigenvalue weighted by Gasteiger charge is 2.33. The van der Waals surface area contributed by atoms with Crippen LogP contribution in [-0.4, -0.2) is 77.8 Å². The first kappa shape index (κ1) is 25.8. The van der Waals surface area contributed by atoms with Crippen LogP contribution in [-0.2, 0) is 20.0 Å². The molecular formula is C24H26N4O6S2. The molecule has 0 radical (unpaired) electrons. The molecule has 36 heavy (non-hydrogen) atoms. The standard InChI is InChI=1S/C24H26N4O6S2/c1-27(2)35(29,30)17-13-15-9-7-11-25-21(15)19(23(17)33-5)20-22-16(10-8-12-26-22)14-18(24(20)34-6)36(31,32)28(3)4/h7-14H,1-6H3. The van der Waals surface area contributed by atoms with Gasteiger partial charge in [0.15, 0.2) is 0 Å². The zero-order valence-electron chi connectivity index (χ0n) is 20.7. The molecule has 0 atom stereocenters. The molecule has 0 N–H and O–H groups in total. The van der Waals surface area contributed by atoms with Crippen molar-refractivity contribution in [2.45, 2.75) is 9.79 Å². The highest BCUT2D eigenvalue weighted by molar-refractivity contribution is 7.89. The molecule has 0 amide bonds. The summed E-state index contributed by atoms with van der Waals surface area (Å²) in [6, 6.07) is 9.80. The molecule has 0 fully saturated rings. The summed E-state index contributed by atoms with van der Waals surface area (Å²) < 4.78 is 67.0. The summed E-state index contributed by atoms with van der Waals surface area (Å²) in [5.74, 6) is -0.000826. The van der Waals surface area contributed by atoms with Gasteiger partial charge in [-0.25, -0.2) is 25.4 Å². The number of hydrogen-bond donors (Lipinski definition) is 0. The fourth-order valence-corrected chi connectivity index (χ4v) is 6.18. The molecule has 0 spiro atoms. The highest BCUT2D eigenvalue weighted by atomic mass is 32.2. The van der Waals surface area contributed by atoms with Gasteiger partial charge in [0.2, 0.25) is 20.0 Å². The van der Waals surface area contributed by atoms with Crippen molar-refractivity contribution in [3.63, 3.8) is 0 Å². The van der Waals surface area contributed by atoms with Gasteiger partial charge in [0.05, 0.1) is 36.4 Å². The Bertz CT molecular complexity index is 1570. The maximum absolute atomic E-state index is 13.3. The Labute approximate surface area is 210 Å². The zero-order chi connectivity index (χ0) is 26.4. The minimum absolute atomic E-state index is 0.000413. The number of benzene rings is 2. The van der Waals surface area contributed by atoms with Gasteiger partial charge in [0.1, 0.15) is 21.3 Å². The lowest BCUT2D eigenvalue weighted by atomic mass is 9.96. The summed E-state index contributed by atoms with van der Waals surface area (Å²) in [7, 11) is 0.438. The minimum atomic E-state index is -3.97. The number of ether oxygens (including phenoxy) is 2. The van der Waals surface area contributed by atoms with E-state index in [-0.39, 0.29) is 32.4 Å². The van der Waals surface area contributed by atoms with Crippen LogP contribution in [0.4, 0.5) is 0 Å². The average molecular weight is 531 g/mol. The molecule has 190 valence electrons. The van der Waals surface area contributed by atoms with Crippen LogP contribution in [0.3, 0.4) is 0 Å². The van der Waals surface area contributed by atoms with E-state index in [1.807, 2.05) is 0 Å². The Morgan fingerprint density at radius 3 is 1.33 bits per heavy atom. The van der Waals surface area contributed by atoms with Gasteiger partial charge in [0.25, 0.3) is 0 Å². The third kappa shape index (κ3) is 3.95. The number of sulfonamides is 2. The first-order valence-corrected chi connectivity index (χ1v) is 13.6.